The van der Waals surface area contributed by atoms with Crippen LogP contribution in [0.2, 0.25) is 0 Å². The van der Waals surface area contributed by atoms with Crippen molar-refractivity contribution in [3.8, 4) is 0 Å². The Kier molecular flexibility index (Phi) is 4.51. The number of methoxy groups -OCH3 is 1. The maximum atomic E-state index is 12.6. The Morgan fingerprint density at radius 3 is 2.58 bits per heavy atom. The number of hydrogen-bond donors (Lipinski definition) is 1. The first-order valence-electron chi connectivity index (χ1n) is 7.64. The number of carbonyl (C=O) groups excluding carboxylic acids is 1. The van der Waals surface area contributed by atoms with Gasteiger partial charge in [0.05, 0.1) is 24.4 Å². The van der Waals surface area contributed by atoms with Gasteiger partial charge >= 0.3 is 0 Å². The average molecular weight is 268 g/mol. The van der Waals surface area contributed by atoms with Crippen LogP contribution in [0.5, 0.6) is 0 Å². The van der Waals surface area contributed by atoms with Crippen LogP contribution < -0.4 is 5.32 Å². The van der Waals surface area contributed by atoms with Crippen LogP contribution in [0.25, 0.3) is 0 Å². The molecule has 1 aliphatic heterocycles. The summed E-state index contributed by atoms with van der Waals surface area (Å²) in [5.41, 5.74) is -0.0742. The minimum Gasteiger partial charge on any atom is -0.376 e. The number of rotatable bonds is 6. The van der Waals surface area contributed by atoms with Crippen molar-refractivity contribution in [2.24, 2.45) is 5.92 Å². The molecule has 0 aromatic heterocycles. The van der Waals surface area contributed by atoms with Crippen LogP contribution in [-0.2, 0) is 9.53 Å². The fourth-order valence-electron chi connectivity index (χ4n) is 3.19. The van der Waals surface area contributed by atoms with Crippen molar-refractivity contribution >= 4 is 5.91 Å². The molecule has 2 fully saturated rings. The fraction of sp³-hybridized carbons (Fsp3) is 0.933. The summed E-state index contributed by atoms with van der Waals surface area (Å²) in [6, 6.07) is -0.0227. The molecule has 0 bridgehead atoms. The minimum atomic E-state index is -0.0742. The van der Waals surface area contributed by atoms with Crippen LogP contribution in [0.1, 0.15) is 52.9 Å². The molecule has 4 nitrogen and oxygen atoms in total. The van der Waals surface area contributed by atoms with E-state index in [1.54, 1.807) is 7.11 Å². The molecule has 2 rings (SSSR count). The van der Waals surface area contributed by atoms with Crippen LogP contribution in [0.3, 0.4) is 0 Å². The summed E-state index contributed by atoms with van der Waals surface area (Å²) in [4.78, 5) is 14.6. The number of hydrogen-bond acceptors (Lipinski definition) is 3. The van der Waals surface area contributed by atoms with Crippen LogP contribution in [0.4, 0.5) is 0 Å². The molecule has 2 aliphatic rings. The van der Waals surface area contributed by atoms with E-state index in [1.165, 1.54) is 6.42 Å². The molecule has 2 unspecified atom stereocenters. The van der Waals surface area contributed by atoms with Gasteiger partial charge in [0.25, 0.3) is 0 Å². The third-order valence-corrected chi connectivity index (χ3v) is 4.68. The summed E-state index contributed by atoms with van der Waals surface area (Å²) in [5, 5.41) is 3.51. The smallest absolute Gasteiger partial charge is 0.241 e. The zero-order valence-corrected chi connectivity index (χ0v) is 12.7. The Hall–Kier alpha value is -0.610. The van der Waals surface area contributed by atoms with E-state index in [-0.39, 0.29) is 23.7 Å². The Labute approximate surface area is 116 Å². The maximum absolute atomic E-state index is 12.6. The van der Waals surface area contributed by atoms with Gasteiger partial charge in [-0.2, -0.15) is 0 Å². The summed E-state index contributed by atoms with van der Waals surface area (Å²) in [6.45, 7) is 7.14. The van der Waals surface area contributed by atoms with Crippen molar-refractivity contribution in [2.75, 3.05) is 13.7 Å². The molecule has 0 aromatic rings. The standard InChI is InChI=1S/C15H28N2O2/c1-5-7-12-16-13(11(2)3)14(18)17(12)10-15(19-4)8-6-9-15/h11-13,16H,5-10H2,1-4H3. The molecule has 1 amide bonds. The van der Waals surface area contributed by atoms with Gasteiger partial charge in [-0.1, -0.05) is 27.2 Å². The Bertz CT molecular complexity index is 321. The Balaban J connectivity index is 2.08. The first kappa shape index (κ1) is 14.8. The SMILES string of the molecule is CCCC1NC(C(C)C)C(=O)N1CC1(OC)CCC1. The highest BCUT2D eigenvalue weighted by atomic mass is 16.5. The van der Waals surface area contributed by atoms with Gasteiger partial charge in [-0.15, -0.1) is 0 Å². The molecule has 0 spiro atoms. The predicted octanol–water partition coefficient (Wildman–Crippen LogP) is 2.14. The predicted molar refractivity (Wildman–Crippen MR) is 75.8 cm³/mol. The first-order valence-corrected chi connectivity index (χ1v) is 7.64. The lowest BCUT2D eigenvalue weighted by atomic mass is 9.79. The van der Waals surface area contributed by atoms with Gasteiger partial charge in [0.1, 0.15) is 0 Å². The minimum absolute atomic E-state index is 0.0227. The molecular formula is C15H28N2O2. The summed E-state index contributed by atoms with van der Waals surface area (Å²) in [6.07, 6.45) is 5.69. The second-order valence-electron chi connectivity index (χ2n) is 6.40. The molecule has 19 heavy (non-hydrogen) atoms. The van der Waals surface area contributed by atoms with E-state index in [2.05, 4.69) is 26.1 Å². The molecule has 110 valence electrons. The van der Waals surface area contributed by atoms with Crippen LogP contribution >= 0.6 is 0 Å². The van der Waals surface area contributed by atoms with Crippen molar-refractivity contribution < 1.29 is 9.53 Å². The molecule has 2 atom stereocenters. The van der Waals surface area contributed by atoms with Crippen LogP contribution in [0, 0.1) is 5.92 Å². The van der Waals surface area contributed by atoms with Gasteiger partial charge in [-0.25, -0.2) is 0 Å². The van der Waals surface area contributed by atoms with Crippen LogP contribution in [0.15, 0.2) is 0 Å². The summed E-state index contributed by atoms with van der Waals surface area (Å²) in [7, 11) is 1.78. The number of ether oxygens (including phenoxy) is 1. The third kappa shape index (κ3) is 2.79. The molecule has 4 heteroatoms. The molecule has 1 saturated heterocycles. The van der Waals surface area contributed by atoms with Gasteiger partial charge in [0.15, 0.2) is 0 Å². The number of nitrogens with zero attached hydrogens (tertiary/aromatic N) is 1. The van der Waals surface area contributed by atoms with Crippen molar-refractivity contribution in [3.05, 3.63) is 0 Å². The van der Waals surface area contributed by atoms with Gasteiger partial charge in [0, 0.05) is 7.11 Å². The fourth-order valence-corrected chi connectivity index (χ4v) is 3.19. The molecule has 1 aliphatic carbocycles. The number of carbonyl (C=O) groups is 1. The second kappa shape index (κ2) is 5.80. The Morgan fingerprint density at radius 1 is 1.47 bits per heavy atom. The van der Waals surface area contributed by atoms with E-state index in [1.807, 2.05) is 4.90 Å². The van der Waals surface area contributed by atoms with E-state index in [0.717, 1.165) is 32.2 Å². The normalized spacial score (nSPS) is 29.9. The van der Waals surface area contributed by atoms with Crippen molar-refractivity contribution in [2.45, 2.75) is 70.7 Å². The topological polar surface area (TPSA) is 41.6 Å². The summed E-state index contributed by atoms with van der Waals surface area (Å²) >= 11 is 0. The van der Waals surface area contributed by atoms with E-state index >= 15 is 0 Å². The zero-order chi connectivity index (χ0) is 14.0. The molecule has 0 aromatic carbocycles. The van der Waals surface area contributed by atoms with E-state index in [0.29, 0.717) is 5.92 Å². The lowest BCUT2D eigenvalue weighted by Gasteiger charge is -2.44. The number of amides is 1. The first-order chi connectivity index (χ1) is 9.03. The van der Waals surface area contributed by atoms with E-state index in [9.17, 15) is 4.79 Å². The van der Waals surface area contributed by atoms with Crippen molar-refractivity contribution in [3.63, 3.8) is 0 Å². The summed E-state index contributed by atoms with van der Waals surface area (Å²) in [5.74, 6) is 0.605. The molecule has 1 N–H and O–H groups in total. The highest BCUT2D eigenvalue weighted by Gasteiger charge is 2.46. The van der Waals surface area contributed by atoms with Gasteiger partial charge < -0.3 is 9.64 Å². The lowest BCUT2D eigenvalue weighted by Crippen LogP contribution is -2.53. The van der Waals surface area contributed by atoms with Gasteiger partial charge in [0.2, 0.25) is 5.91 Å². The van der Waals surface area contributed by atoms with E-state index in [4.69, 9.17) is 4.74 Å². The quantitative estimate of drug-likeness (QED) is 0.802. The molecule has 1 saturated carbocycles. The Morgan fingerprint density at radius 2 is 2.16 bits per heavy atom. The van der Waals surface area contributed by atoms with Crippen molar-refractivity contribution in [1.29, 1.82) is 0 Å². The second-order valence-corrected chi connectivity index (χ2v) is 6.40. The third-order valence-electron chi connectivity index (χ3n) is 4.68. The van der Waals surface area contributed by atoms with Gasteiger partial charge in [-0.3, -0.25) is 10.1 Å². The molecule has 0 radical (unpaired) electrons. The van der Waals surface area contributed by atoms with Crippen molar-refractivity contribution in [1.82, 2.24) is 10.2 Å². The van der Waals surface area contributed by atoms with E-state index < -0.39 is 0 Å². The highest BCUT2D eigenvalue weighted by Crippen LogP contribution is 2.37. The van der Waals surface area contributed by atoms with Crippen LogP contribution in [-0.4, -0.2) is 42.3 Å². The maximum Gasteiger partial charge on any atom is 0.241 e. The monoisotopic (exact) mass is 268 g/mol. The largest absolute Gasteiger partial charge is 0.376 e. The summed E-state index contributed by atoms with van der Waals surface area (Å²) < 4.78 is 5.68. The zero-order valence-electron chi connectivity index (χ0n) is 12.7. The highest BCUT2D eigenvalue weighted by molar-refractivity contribution is 5.84. The average Bonchev–Trinajstić information content (AvgIpc) is 2.62. The molecular weight excluding hydrogens is 240 g/mol. The lowest BCUT2D eigenvalue weighted by molar-refractivity contribution is -0.140. The molecule has 1 heterocycles. The number of nitrogens with one attached hydrogen (secondary N) is 1. The van der Waals surface area contributed by atoms with Gasteiger partial charge in [-0.05, 0) is 31.6 Å².